The highest BCUT2D eigenvalue weighted by Gasteiger charge is 2.28. The topological polar surface area (TPSA) is 80.6 Å². The average molecular weight is 716 g/mol. The molecule has 8 heteroatoms. The summed E-state index contributed by atoms with van der Waals surface area (Å²) < 4.78 is 8.40. The highest BCUT2D eigenvalue weighted by atomic mass is 16.5. The second-order valence-electron chi connectivity index (χ2n) is 14.3. The van der Waals surface area contributed by atoms with Gasteiger partial charge in [-0.1, -0.05) is 110 Å². The third-order valence-corrected chi connectivity index (χ3v) is 10.8. The predicted molar refractivity (Wildman–Crippen MR) is 212 cm³/mol. The van der Waals surface area contributed by atoms with Gasteiger partial charge in [-0.3, -0.25) is 14.2 Å². The Labute approximate surface area is 317 Å². The maximum absolute atomic E-state index is 13.4. The second kappa shape index (κ2) is 16.0. The normalized spacial score (nSPS) is 15.2. The molecule has 0 atom stereocenters. The molecule has 8 nitrogen and oxygen atoms in total. The first-order valence-electron chi connectivity index (χ1n) is 19.1. The zero-order chi connectivity index (χ0) is 36.9. The lowest BCUT2D eigenvalue weighted by atomic mass is 9.98. The maximum Gasteiger partial charge on any atom is 0.253 e. The van der Waals surface area contributed by atoms with Crippen molar-refractivity contribution in [2.75, 3.05) is 26.2 Å². The molecular weight excluding hydrogens is 671 g/mol. The van der Waals surface area contributed by atoms with Crippen LogP contribution in [0.5, 0.6) is 5.75 Å². The summed E-state index contributed by atoms with van der Waals surface area (Å²) >= 11 is 0. The summed E-state index contributed by atoms with van der Waals surface area (Å²) in [6.45, 7) is 6.21. The van der Waals surface area contributed by atoms with Gasteiger partial charge in [-0.05, 0) is 86.7 Å². The van der Waals surface area contributed by atoms with E-state index in [0.29, 0.717) is 35.1 Å². The Bertz CT molecular complexity index is 2200. The number of likely N-dealkylation sites (tertiary alicyclic amines) is 2. The minimum absolute atomic E-state index is 0.0465. The molecule has 0 radical (unpaired) electrons. The molecule has 1 aromatic heterocycles. The molecule has 0 N–H and O–H groups in total. The van der Waals surface area contributed by atoms with Crippen LogP contribution >= 0.6 is 0 Å². The molecule has 54 heavy (non-hydrogen) atoms. The van der Waals surface area contributed by atoms with Gasteiger partial charge < -0.3 is 14.5 Å². The molecule has 2 aliphatic rings. The summed E-state index contributed by atoms with van der Waals surface area (Å²) in [5, 5.41) is 8.95. The van der Waals surface area contributed by atoms with Gasteiger partial charge in [-0.15, -0.1) is 10.2 Å². The Morgan fingerprint density at radius 1 is 0.630 bits per heavy atom. The van der Waals surface area contributed by atoms with Crippen LogP contribution in [0, 0.1) is 6.92 Å². The first kappa shape index (κ1) is 35.2. The van der Waals surface area contributed by atoms with Crippen LogP contribution < -0.4 is 4.74 Å². The number of ketones is 1. The van der Waals surface area contributed by atoms with Gasteiger partial charge in [0.25, 0.3) is 5.91 Å². The van der Waals surface area contributed by atoms with Gasteiger partial charge in [0.1, 0.15) is 18.2 Å². The molecule has 0 saturated carbocycles. The van der Waals surface area contributed by atoms with Crippen molar-refractivity contribution in [3.63, 3.8) is 0 Å². The van der Waals surface area contributed by atoms with Crippen LogP contribution in [0.15, 0.2) is 127 Å². The Balaban J connectivity index is 0.896. The first-order chi connectivity index (χ1) is 26.5. The predicted octanol–water partition coefficient (Wildman–Crippen LogP) is 8.81. The van der Waals surface area contributed by atoms with E-state index in [-0.39, 0.29) is 11.7 Å². The van der Waals surface area contributed by atoms with Crippen LogP contribution in [0.4, 0.5) is 0 Å². The number of aromatic nitrogens is 3. The number of aryl methyl sites for hydroxylation is 1. The van der Waals surface area contributed by atoms with Crippen molar-refractivity contribution >= 4 is 11.7 Å². The monoisotopic (exact) mass is 715 g/mol. The van der Waals surface area contributed by atoms with E-state index in [2.05, 4.69) is 51.5 Å². The van der Waals surface area contributed by atoms with Crippen LogP contribution in [-0.4, -0.2) is 68.5 Å². The van der Waals surface area contributed by atoms with E-state index in [9.17, 15) is 9.59 Å². The van der Waals surface area contributed by atoms with Crippen molar-refractivity contribution in [1.29, 1.82) is 0 Å². The van der Waals surface area contributed by atoms with Crippen molar-refractivity contribution in [2.24, 2.45) is 0 Å². The van der Waals surface area contributed by atoms with Crippen LogP contribution in [0.1, 0.15) is 69.8 Å². The summed E-state index contributed by atoms with van der Waals surface area (Å²) in [6, 6.07) is 41.7. The summed E-state index contributed by atoms with van der Waals surface area (Å²) in [4.78, 5) is 31.3. The van der Waals surface area contributed by atoms with Crippen LogP contribution in [0.25, 0.3) is 28.2 Å². The number of ether oxygens (including phenoxy) is 1. The fourth-order valence-corrected chi connectivity index (χ4v) is 7.79. The van der Waals surface area contributed by atoms with E-state index in [1.165, 1.54) is 32.4 Å². The molecule has 8 rings (SSSR count). The lowest BCUT2D eigenvalue weighted by Crippen LogP contribution is -2.48. The molecule has 1 amide bonds. The zero-order valence-corrected chi connectivity index (χ0v) is 30.7. The molecule has 6 aromatic rings. The highest BCUT2D eigenvalue weighted by molar-refractivity contribution is 6.09. The fourth-order valence-electron chi connectivity index (χ4n) is 7.79. The summed E-state index contributed by atoms with van der Waals surface area (Å²) in [7, 11) is 0. The largest absolute Gasteiger partial charge is 0.487 e. The molecule has 272 valence electrons. The lowest BCUT2D eigenvalue weighted by Gasteiger charge is -2.40. The van der Waals surface area contributed by atoms with E-state index in [0.717, 1.165) is 65.5 Å². The fraction of sp³-hybridized carbons (Fsp3) is 0.261. The third kappa shape index (κ3) is 7.61. The van der Waals surface area contributed by atoms with Crippen molar-refractivity contribution in [1.82, 2.24) is 24.6 Å². The molecule has 3 heterocycles. The van der Waals surface area contributed by atoms with E-state index in [1.807, 2.05) is 83.1 Å². The summed E-state index contributed by atoms with van der Waals surface area (Å²) in [6.07, 6.45) is 5.98. The summed E-state index contributed by atoms with van der Waals surface area (Å²) in [5.74, 6) is 2.15. The number of nitrogens with zero attached hydrogens (tertiary/aromatic N) is 5. The van der Waals surface area contributed by atoms with Gasteiger partial charge in [0.15, 0.2) is 11.6 Å². The van der Waals surface area contributed by atoms with E-state index >= 15 is 0 Å². The second-order valence-corrected chi connectivity index (χ2v) is 14.3. The smallest absolute Gasteiger partial charge is 0.253 e. The van der Waals surface area contributed by atoms with Crippen LogP contribution in [0.2, 0.25) is 0 Å². The molecule has 5 aromatic carbocycles. The zero-order valence-electron chi connectivity index (χ0n) is 30.7. The van der Waals surface area contributed by atoms with Gasteiger partial charge in [0, 0.05) is 41.4 Å². The minimum atomic E-state index is -0.0819. The van der Waals surface area contributed by atoms with Crippen molar-refractivity contribution < 1.29 is 14.3 Å². The van der Waals surface area contributed by atoms with E-state index in [1.54, 1.807) is 24.3 Å². The Kier molecular flexibility index (Phi) is 10.4. The Morgan fingerprint density at radius 3 is 1.93 bits per heavy atom. The highest BCUT2D eigenvalue weighted by Crippen LogP contribution is 2.31. The SMILES string of the molecule is Cc1nnc(-c2ccc(-c3ccccc3)cc2)n1-c1ccccc1OCc1ccc(C(=O)c2ccc(C(=O)N3CCC(N4CCCCC4)CC3)cc2)cc1. The quantitative estimate of drug-likeness (QED) is 0.132. The van der Waals surface area contributed by atoms with Gasteiger partial charge in [-0.2, -0.15) is 0 Å². The number of benzene rings is 5. The Morgan fingerprint density at radius 2 is 1.22 bits per heavy atom. The van der Waals surface area contributed by atoms with Crippen molar-refractivity contribution in [3.05, 3.63) is 155 Å². The average Bonchev–Trinajstić information content (AvgIpc) is 3.64. The van der Waals surface area contributed by atoms with Gasteiger partial charge in [-0.25, -0.2) is 0 Å². The number of hydrogen-bond donors (Lipinski definition) is 0. The van der Waals surface area contributed by atoms with Gasteiger partial charge in [0.05, 0.1) is 5.69 Å². The number of carbonyl (C=O) groups excluding carboxylic acids is 2. The molecule has 0 unspecified atom stereocenters. The Hall–Kier alpha value is -5.86. The molecule has 2 aliphatic heterocycles. The lowest BCUT2D eigenvalue weighted by molar-refractivity contribution is 0.0589. The number of amides is 1. The number of piperidine rings is 2. The number of para-hydroxylation sites is 2. The van der Waals surface area contributed by atoms with Crippen molar-refractivity contribution in [3.8, 4) is 34.0 Å². The van der Waals surface area contributed by atoms with Crippen molar-refractivity contribution in [2.45, 2.75) is 51.7 Å². The standard InChI is InChI=1S/C46H45N5O3/c1-33-47-48-45(39-22-18-36(19-23-39)35-10-4-2-5-11-35)51(33)42-12-6-7-13-43(42)54-32-34-14-16-37(17-15-34)44(52)38-20-24-40(25-21-38)46(53)50-30-26-41(27-31-50)49-28-8-3-9-29-49/h2,4-7,10-25,41H,3,8-9,26-32H2,1H3. The number of carbonyl (C=O) groups is 2. The molecule has 2 fully saturated rings. The van der Waals surface area contributed by atoms with Gasteiger partial charge >= 0.3 is 0 Å². The van der Waals surface area contributed by atoms with E-state index < -0.39 is 0 Å². The minimum Gasteiger partial charge on any atom is -0.487 e. The molecule has 2 saturated heterocycles. The molecular formula is C46H45N5O3. The van der Waals surface area contributed by atoms with Crippen LogP contribution in [-0.2, 0) is 6.61 Å². The molecule has 0 aliphatic carbocycles. The van der Waals surface area contributed by atoms with E-state index in [4.69, 9.17) is 4.74 Å². The molecule has 0 spiro atoms. The number of rotatable bonds is 10. The van der Waals surface area contributed by atoms with Crippen LogP contribution in [0.3, 0.4) is 0 Å². The molecule has 0 bridgehead atoms. The summed E-state index contributed by atoms with van der Waals surface area (Å²) in [5.41, 5.74) is 6.80. The van der Waals surface area contributed by atoms with Gasteiger partial charge in [0.2, 0.25) is 0 Å². The third-order valence-electron chi connectivity index (χ3n) is 10.8. The first-order valence-corrected chi connectivity index (χ1v) is 19.1. The number of hydrogen-bond acceptors (Lipinski definition) is 6. The maximum atomic E-state index is 13.4.